The van der Waals surface area contributed by atoms with Gasteiger partial charge in [-0.15, -0.1) is 11.8 Å². The molecular weight excluding hydrogens is 252 g/mol. The summed E-state index contributed by atoms with van der Waals surface area (Å²) in [7, 11) is 0. The highest BCUT2D eigenvalue weighted by Crippen LogP contribution is 2.24. The lowest BCUT2D eigenvalue weighted by Gasteiger charge is -2.04. The number of thioether (sulfide) groups is 1. The van der Waals surface area contributed by atoms with Gasteiger partial charge in [-0.1, -0.05) is 0 Å². The molecule has 18 heavy (non-hydrogen) atoms. The van der Waals surface area contributed by atoms with Crippen LogP contribution in [-0.4, -0.2) is 0 Å². The smallest absolute Gasteiger partial charge is 0.123 e. The predicted octanol–water partition coefficient (Wildman–Crippen LogP) is 4.13. The van der Waals surface area contributed by atoms with Crippen molar-refractivity contribution in [3.8, 4) is 6.07 Å². The number of nitriles is 1. The molecule has 0 saturated heterocycles. The normalized spacial score (nSPS) is 10.1. The number of nitrogens with zero attached hydrogens (tertiary/aromatic N) is 1. The molecule has 0 aliphatic rings. The first-order valence-corrected chi connectivity index (χ1v) is 6.24. The monoisotopic (exact) mass is 261 g/mol. The summed E-state index contributed by atoms with van der Waals surface area (Å²) < 4.78 is 25.8. The Labute approximate surface area is 108 Å². The van der Waals surface area contributed by atoms with Crippen LogP contribution in [0.25, 0.3) is 0 Å². The maximum atomic E-state index is 13.1. The molecule has 0 fully saturated rings. The SMILES string of the molecule is N#Cc1ccc(F)cc1CSc1ccc(F)cc1. The third-order valence-corrected chi connectivity index (χ3v) is 3.46. The average Bonchev–Trinajstić information content (AvgIpc) is 2.38. The minimum Gasteiger partial charge on any atom is -0.207 e. The summed E-state index contributed by atoms with van der Waals surface area (Å²) in [4.78, 5) is 0.879. The van der Waals surface area contributed by atoms with Crippen LogP contribution in [0.2, 0.25) is 0 Å². The van der Waals surface area contributed by atoms with E-state index in [2.05, 4.69) is 0 Å². The van der Waals surface area contributed by atoms with E-state index in [1.54, 1.807) is 12.1 Å². The molecule has 0 bridgehead atoms. The third-order valence-electron chi connectivity index (χ3n) is 2.40. The molecule has 0 atom stereocenters. The quantitative estimate of drug-likeness (QED) is 0.776. The lowest BCUT2D eigenvalue weighted by molar-refractivity contribution is 0.626. The van der Waals surface area contributed by atoms with Crippen LogP contribution in [0.1, 0.15) is 11.1 Å². The van der Waals surface area contributed by atoms with E-state index >= 15 is 0 Å². The van der Waals surface area contributed by atoms with Crippen LogP contribution in [0.15, 0.2) is 47.4 Å². The molecule has 0 N–H and O–H groups in total. The van der Waals surface area contributed by atoms with Gasteiger partial charge in [0.1, 0.15) is 11.6 Å². The van der Waals surface area contributed by atoms with E-state index in [1.165, 1.54) is 42.1 Å². The van der Waals surface area contributed by atoms with Gasteiger partial charge in [0.2, 0.25) is 0 Å². The van der Waals surface area contributed by atoms with E-state index in [-0.39, 0.29) is 11.6 Å². The molecule has 2 aromatic rings. The largest absolute Gasteiger partial charge is 0.207 e. The average molecular weight is 261 g/mol. The van der Waals surface area contributed by atoms with Crippen molar-refractivity contribution in [3.05, 3.63) is 65.2 Å². The second-order valence-electron chi connectivity index (χ2n) is 3.66. The van der Waals surface area contributed by atoms with E-state index in [1.807, 2.05) is 6.07 Å². The Morgan fingerprint density at radius 3 is 2.33 bits per heavy atom. The van der Waals surface area contributed by atoms with Crippen molar-refractivity contribution in [2.24, 2.45) is 0 Å². The lowest BCUT2D eigenvalue weighted by Crippen LogP contribution is -1.89. The Hall–Kier alpha value is -1.86. The van der Waals surface area contributed by atoms with Gasteiger partial charge in [0.05, 0.1) is 11.6 Å². The molecule has 0 aliphatic heterocycles. The molecule has 0 aromatic heterocycles. The van der Waals surface area contributed by atoms with Crippen molar-refractivity contribution in [3.63, 3.8) is 0 Å². The van der Waals surface area contributed by atoms with Gasteiger partial charge >= 0.3 is 0 Å². The van der Waals surface area contributed by atoms with Crippen LogP contribution in [0.5, 0.6) is 0 Å². The fourth-order valence-corrected chi connectivity index (χ4v) is 2.37. The molecule has 2 aromatic carbocycles. The zero-order chi connectivity index (χ0) is 13.0. The Morgan fingerprint density at radius 2 is 1.67 bits per heavy atom. The minimum atomic E-state index is -0.358. The summed E-state index contributed by atoms with van der Waals surface area (Å²) in [6.45, 7) is 0. The van der Waals surface area contributed by atoms with Gasteiger partial charge in [0.25, 0.3) is 0 Å². The Morgan fingerprint density at radius 1 is 1.00 bits per heavy atom. The predicted molar refractivity (Wildman–Crippen MR) is 67.1 cm³/mol. The van der Waals surface area contributed by atoms with Crippen LogP contribution in [0, 0.1) is 23.0 Å². The van der Waals surface area contributed by atoms with Crippen LogP contribution >= 0.6 is 11.8 Å². The Bertz CT molecular complexity index is 588. The van der Waals surface area contributed by atoms with Gasteiger partial charge in [-0.25, -0.2) is 8.78 Å². The van der Waals surface area contributed by atoms with E-state index in [0.29, 0.717) is 16.9 Å². The van der Waals surface area contributed by atoms with Crippen molar-refractivity contribution in [1.29, 1.82) is 5.26 Å². The second kappa shape index (κ2) is 5.65. The van der Waals surface area contributed by atoms with Crippen LogP contribution in [0.4, 0.5) is 8.78 Å². The highest BCUT2D eigenvalue weighted by atomic mass is 32.2. The van der Waals surface area contributed by atoms with Crippen molar-refractivity contribution < 1.29 is 8.78 Å². The van der Waals surface area contributed by atoms with Crippen molar-refractivity contribution >= 4 is 11.8 Å². The molecule has 0 radical (unpaired) electrons. The summed E-state index contributed by atoms with van der Waals surface area (Å²) in [5.41, 5.74) is 1.11. The molecule has 0 saturated carbocycles. The van der Waals surface area contributed by atoms with Gasteiger partial charge in [0, 0.05) is 10.6 Å². The van der Waals surface area contributed by atoms with Gasteiger partial charge in [0.15, 0.2) is 0 Å². The van der Waals surface area contributed by atoms with Crippen LogP contribution in [0.3, 0.4) is 0 Å². The summed E-state index contributed by atoms with van der Waals surface area (Å²) in [5, 5.41) is 8.91. The highest BCUT2D eigenvalue weighted by Gasteiger charge is 2.04. The van der Waals surface area contributed by atoms with Crippen molar-refractivity contribution in [2.45, 2.75) is 10.6 Å². The number of benzene rings is 2. The molecule has 1 nitrogen and oxygen atoms in total. The highest BCUT2D eigenvalue weighted by molar-refractivity contribution is 7.98. The molecule has 0 heterocycles. The number of hydrogen-bond acceptors (Lipinski definition) is 2. The van der Waals surface area contributed by atoms with Gasteiger partial charge in [-0.2, -0.15) is 5.26 Å². The standard InChI is InChI=1S/C14H9F2NS/c15-12-3-5-14(6-4-12)18-9-11-7-13(16)2-1-10(11)8-17/h1-7H,9H2. The van der Waals surface area contributed by atoms with E-state index in [9.17, 15) is 8.78 Å². The van der Waals surface area contributed by atoms with Crippen molar-refractivity contribution in [1.82, 2.24) is 0 Å². The summed E-state index contributed by atoms with van der Waals surface area (Å²) in [5.74, 6) is -0.168. The maximum Gasteiger partial charge on any atom is 0.123 e. The van der Waals surface area contributed by atoms with Crippen LogP contribution in [-0.2, 0) is 5.75 Å². The molecule has 0 aliphatic carbocycles. The summed E-state index contributed by atoms with van der Waals surface area (Å²) >= 11 is 1.44. The topological polar surface area (TPSA) is 23.8 Å². The molecule has 0 amide bonds. The number of hydrogen-bond donors (Lipinski definition) is 0. The van der Waals surface area contributed by atoms with E-state index in [4.69, 9.17) is 5.26 Å². The summed E-state index contributed by atoms with van der Waals surface area (Å²) in [6, 6.07) is 12.2. The second-order valence-corrected chi connectivity index (χ2v) is 4.70. The zero-order valence-electron chi connectivity index (χ0n) is 9.36. The van der Waals surface area contributed by atoms with Gasteiger partial charge in [-0.3, -0.25) is 0 Å². The van der Waals surface area contributed by atoms with Crippen molar-refractivity contribution in [2.75, 3.05) is 0 Å². The first-order valence-electron chi connectivity index (χ1n) is 5.26. The minimum absolute atomic E-state index is 0.289. The van der Waals surface area contributed by atoms with Gasteiger partial charge in [-0.05, 0) is 48.0 Å². The zero-order valence-corrected chi connectivity index (χ0v) is 10.2. The molecule has 2 rings (SSSR count). The van der Waals surface area contributed by atoms with Gasteiger partial charge < -0.3 is 0 Å². The summed E-state index contributed by atoms with van der Waals surface area (Å²) in [6.07, 6.45) is 0. The molecule has 4 heteroatoms. The fourth-order valence-electron chi connectivity index (χ4n) is 1.48. The number of halogens is 2. The fraction of sp³-hybridized carbons (Fsp3) is 0.0714. The van der Waals surface area contributed by atoms with E-state index in [0.717, 1.165) is 4.90 Å². The van der Waals surface area contributed by atoms with E-state index < -0.39 is 0 Å². The number of rotatable bonds is 3. The lowest BCUT2D eigenvalue weighted by atomic mass is 10.1. The molecule has 0 unspecified atom stereocenters. The Kier molecular flexibility index (Phi) is 3.96. The Balaban J connectivity index is 2.13. The first-order chi connectivity index (χ1) is 8.69. The first kappa shape index (κ1) is 12.6. The van der Waals surface area contributed by atoms with Crippen LogP contribution < -0.4 is 0 Å². The molecule has 0 spiro atoms. The molecule has 90 valence electrons. The third kappa shape index (κ3) is 3.08. The maximum absolute atomic E-state index is 13.1. The molecular formula is C14H9F2NS.